The third-order valence-electron chi connectivity index (χ3n) is 4.49. The summed E-state index contributed by atoms with van der Waals surface area (Å²) in [6.45, 7) is 0. The first kappa shape index (κ1) is 19.4. The molecule has 4 rings (SSSR count). The molecule has 0 amide bonds. The highest BCUT2D eigenvalue weighted by Crippen LogP contribution is 2.32. The summed E-state index contributed by atoms with van der Waals surface area (Å²) in [5.74, 6) is -0.295. The summed E-state index contributed by atoms with van der Waals surface area (Å²) in [6.07, 6.45) is -0.299. The average molecular weight is 418 g/mol. The van der Waals surface area contributed by atoms with E-state index in [9.17, 15) is 4.79 Å². The first-order chi connectivity index (χ1) is 14.2. The Morgan fingerprint density at radius 2 is 1.38 bits per heavy atom. The molecule has 29 heavy (non-hydrogen) atoms. The smallest absolute Gasteiger partial charge is 0.312 e. The number of ether oxygens (including phenoxy) is 1. The third kappa shape index (κ3) is 4.75. The molecule has 0 radical (unpaired) electrons. The number of carbonyl (C=O) groups is 1. The van der Waals surface area contributed by atoms with E-state index in [1.54, 1.807) is 0 Å². The summed E-state index contributed by atoms with van der Waals surface area (Å²) in [5.41, 5.74) is 3.63. The normalized spacial score (nSPS) is 10.8. The fourth-order valence-corrected chi connectivity index (χ4v) is 4.41. The zero-order chi connectivity index (χ0) is 20.1. The molecule has 0 fully saturated rings. The first-order valence-corrected chi connectivity index (χ1v) is 10.5. The molecular formula is C24H19NO2S2. The first-order valence-electron chi connectivity index (χ1n) is 9.24. The van der Waals surface area contributed by atoms with Crippen LogP contribution in [-0.2, 0) is 16.0 Å². The van der Waals surface area contributed by atoms with Crippen LogP contribution >= 0.6 is 24.0 Å². The van der Waals surface area contributed by atoms with Gasteiger partial charge in [0.05, 0.1) is 12.1 Å². The van der Waals surface area contributed by atoms with Gasteiger partial charge in [0.2, 0.25) is 0 Å². The van der Waals surface area contributed by atoms with E-state index in [1.807, 2.05) is 91.0 Å². The highest BCUT2D eigenvalue weighted by atomic mass is 32.2. The van der Waals surface area contributed by atoms with Gasteiger partial charge >= 0.3 is 5.97 Å². The van der Waals surface area contributed by atoms with Gasteiger partial charge in [0.15, 0.2) is 6.10 Å². The summed E-state index contributed by atoms with van der Waals surface area (Å²) >= 11 is 5.80. The second-order valence-corrected chi connectivity index (χ2v) is 8.31. The minimum Gasteiger partial charge on any atom is -0.452 e. The van der Waals surface area contributed by atoms with Gasteiger partial charge in [-0.25, -0.2) is 4.98 Å². The van der Waals surface area contributed by atoms with Crippen molar-refractivity contribution >= 4 is 29.9 Å². The van der Waals surface area contributed by atoms with Crippen LogP contribution in [-0.4, -0.2) is 11.0 Å². The highest BCUT2D eigenvalue weighted by Gasteiger charge is 2.21. The van der Waals surface area contributed by atoms with Crippen molar-refractivity contribution in [3.63, 3.8) is 0 Å². The van der Waals surface area contributed by atoms with E-state index in [0.717, 1.165) is 27.3 Å². The lowest BCUT2D eigenvalue weighted by Crippen LogP contribution is -2.14. The van der Waals surface area contributed by atoms with Gasteiger partial charge in [0.1, 0.15) is 4.34 Å². The monoisotopic (exact) mass is 417 g/mol. The van der Waals surface area contributed by atoms with Crippen LogP contribution in [0.25, 0.3) is 11.3 Å². The summed E-state index contributed by atoms with van der Waals surface area (Å²) < 4.78 is 6.58. The summed E-state index contributed by atoms with van der Waals surface area (Å²) in [4.78, 5) is 18.3. The zero-order valence-corrected chi connectivity index (χ0v) is 17.3. The second-order valence-electron chi connectivity index (χ2n) is 6.50. The van der Waals surface area contributed by atoms with Gasteiger partial charge in [-0.1, -0.05) is 91.0 Å². The molecule has 3 aromatic carbocycles. The predicted octanol–water partition coefficient (Wildman–Crippen LogP) is 5.97. The Kier molecular flexibility index (Phi) is 6.08. The molecule has 0 aliphatic heterocycles. The Balaban J connectivity index is 1.59. The van der Waals surface area contributed by atoms with Crippen LogP contribution < -0.4 is 0 Å². The lowest BCUT2D eigenvalue weighted by molar-refractivity contribution is -0.146. The van der Waals surface area contributed by atoms with Crippen LogP contribution in [0.2, 0.25) is 0 Å². The van der Waals surface area contributed by atoms with Crippen molar-refractivity contribution in [2.24, 2.45) is 0 Å². The van der Waals surface area contributed by atoms with Crippen molar-refractivity contribution in [3.8, 4) is 11.3 Å². The molecule has 0 saturated carbocycles. The summed E-state index contributed by atoms with van der Waals surface area (Å²) in [5, 5.41) is 0. The Morgan fingerprint density at radius 3 is 1.93 bits per heavy atom. The molecule has 3 nitrogen and oxygen atoms in total. The Labute approximate surface area is 179 Å². The van der Waals surface area contributed by atoms with Crippen LogP contribution in [0, 0.1) is 0 Å². The van der Waals surface area contributed by atoms with Gasteiger partial charge in [0.25, 0.3) is 0 Å². The number of rotatable bonds is 6. The Bertz CT molecular complexity index is 1040. The maximum Gasteiger partial charge on any atom is 0.312 e. The van der Waals surface area contributed by atoms with Gasteiger partial charge in [-0.3, -0.25) is 4.79 Å². The lowest BCUT2D eigenvalue weighted by atomic mass is 10.0. The standard InChI is InChI=1S/C24H19NO2S2/c26-21(16-20-22(25-24(28)29-20)17-10-4-1-5-11-17)27-23(18-12-6-2-7-13-18)19-14-8-3-9-15-19/h1-15,23H,16H2,(H,25,28). The minimum absolute atomic E-state index is 0.151. The van der Waals surface area contributed by atoms with Gasteiger partial charge in [0, 0.05) is 10.4 Å². The number of hydrogen-bond donors (Lipinski definition) is 1. The topological polar surface area (TPSA) is 39.2 Å². The number of thiazole rings is 1. The minimum atomic E-state index is -0.450. The van der Waals surface area contributed by atoms with Gasteiger partial charge in [-0.05, 0) is 11.1 Å². The molecule has 0 saturated heterocycles. The largest absolute Gasteiger partial charge is 0.452 e. The van der Waals surface area contributed by atoms with Crippen LogP contribution in [0.5, 0.6) is 0 Å². The molecule has 144 valence electrons. The molecule has 0 bridgehead atoms. The van der Waals surface area contributed by atoms with Gasteiger partial charge < -0.3 is 4.74 Å². The highest BCUT2D eigenvalue weighted by molar-refractivity contribution is 7.82. The maximum absolute atomic E-state index is 12.9. The average Bonchev–Trinajstić information content (AvgIpc) is 3.14. The fraction of sp³-hybridized carbons (Fsp3) is 0.0833. The van der Waals surface area contributed by atoms with Crippen LogP contribution in [0.4, 0.5) is 0 Å². The summed E-state index contributed by atoms with van der Waals surface area (Å²) in [7, 11) is 0. The quantitative estimate of drug-likeness (QED) is 0.310. The van der Waals surface area contributed by atoms with Crippen LogP contribution in [0.1, 0.15) is 22.1 Å². The molecule has 0 atom stereocenters. The number of thiol groups is 1. The molecule has 5 heteroatoms. The Hall–Kier alpha value is -2.89. The Morgan fingerprint density at radius 1 is 0.862 bits per heavy atom. The zero-order valence-electron chi connectivity index (χ0n) is 15.6. The van der Waals surface area contributed by atoms with Gasteiger partial charge in [-0.2, -0.15) is 0 Å². The van der Waals surface area contributed by atoms with Crippen molar-refractivity contribution in [2.75, 3.05) is 0 Å². The molecule has 0 aliphatic rings. The number of esters is 1. The molecule has 0 aliphatic carbocycles. The summed E-state index contributed by atoms with van der Waals surface area (Å²) in [6, 6.07) is 29.4. The number of aromatic nitrogens is 1. The number of hydrogen-bond acceptors (Lipinski definition) is 5. The van der Waals surface area contributed by atoms with Crippen molar-refractivity contribution in [1.29, 1.82) is 0 Å². The molecule has 1 aromatic heterocycles. The second kappa shape index (κ2) is 9.07. The van der Waals surface area contributed by atoms with Crippen molar-refractivity contribution < 1.29 is 9.53 Å². The van der Waals surface area contributed by atoms with Crippen molar-refractivity contribution in [1.82, 2.24) is 4.98 Å². The van der Waals surface area contributed by atoms with E-state index < -0.39 is 6.10 Å². The van der Waals surface area contributed by atoms with E-state index in [1.165, 1.54) is 11.3 Å². The molecular weight excluding hydrogens is 398 g/mol. The van der Waals surface area contributed by atoms with E-state index in [4.69, 9.17) is 4.74 Å². The lowest BCUT2D eigenvalue weighted by Gasteiger charge is -2.19. The van der Waals surface area contributed by atoms with E-state index in [0.29, 0.717) is 4.34 Å². The SMILES string of the molecule is O=C(Cc1sc(S)nc1-c1ccccc1)OC(c1ccccc1)c1ccccc1. The molecule has 4 aromatic rings. The number of benzene rings is 3. The van der Waals surface area contributed by atoms with Crippen LogP contribution in [0.15, 0.2) is 95.3 Å². The maximum atomic E-state index is 12.9. The molecule has 0 unspecified atom stereocenters. The van der Waals surface area contributed by atoms with E-state index >= 15 is 0 Å². The number of carbonyl (C=O) groups excluding carboxylic acids is 1. The van der Waals surface area contributed by atoms with E-state index in [-0.39, 0.29) is 12.4 Å². The van der Waals surface area contributed by atoms with Crippen LogP contribution in [0.3, 0.4) is 0 Å². The third-order valence-corrected chi connectivity index (χ3v) is 5.72. The molecule has 0 spiro atoms. The predicted molar refractivity (Wildman–Crippen MR) is 119 cm³/mol. The van der Waals surface area contributed by atoms with Gasteiger partial charge in [-0.15, -0.1) is 24.0 Å². The number of nitrogens with zero attached hydrogens (tertiary/aromatic N) is 1. The van der Waals surface area contributed by atoms with Crippen molar-refractivity contribution in [3.05, 3.63) is 107 Å². The molecule has 0 N–H and O–H groups in total. The van der Waals surface area contributed by atoms with E-state index in [2.05, 4.69) is 17.6 Å². The molecule has 1 heterocycles. The fourth-order valence-electron chi connectivity index (χ4n) is 3.17. The van der Waals surface area contributed by atoms with Crippen molar-refractivity contribution in [2.45, 2.75) is 16.9 Å².